The van der Waals surface area contributed by atoms with Gasteiger partial charge in [-0.3, -0.25) is 9.59 Å². The van der Waals surface area contributed by atoms with Crippen LogP contribution in [0.5, 0.6) is 0 Å². The molecule has 0 aliphatic rings. The van der Waals surface area contributed by atoms with Crippen LogP contribution in [0, 0.1) is 0 Å². The molecule has 0 aliphatic carbocycles. The van der Waals surface area contributed by atoms with E-state index in [9.17, 15) is 9.59 Å². The van der Waals surface area contributed by atoms with Crippen LogP contribution >= 0.6 is 0 Å². The van der Waals surface area contributed by atoms with Crippen LogP contribution < -0.4 is 0 Å². The summed E-state index contributed by atoms with van der Waals surface area (Å²) in [6.07, 6.45) is 5.44. The number of rotatable bonds is 9. The van der Waals surface area contributed by atoms with Crippen LogP contribution in [0.3, 0.4) is 0 Å². The van der Waals surface area contributed by atoms with E-state index >= 15 is 0 Å². The summed E-state index contributed by atoms with van der Waals surface area (Å²) >= 11 is 0. The first-order chi connectivity index (χ1) is 7.20. The molecule has 0 N–H and O–H groups in total. The van der Waals surface area contributed by atoms with E-state index in [4.69, 9.17) is 4.74 Å². The Bertz CT molecular complexity index is 167. The Hall–Kier alpha value is -0.860. The topological polar surface area (TPSA) is 43.4 Å². The van der Waals surface area contributed by atoms with Crippen LogP contribution in [-0.4, -0.2) is 18.4 Å². The van der Waals surface area contributed by atoms with Crippen molar-refractivity contribution in [1.82, 2.24) is 0 Å². The highest BCUT2D eigenvalue weighted by molar-refractivity contribution is 5.78. The summed E-state index contributed by atoms with van der Waals surface area (Å²) in [5.74, 6) is 0.214. The Labute approximate surface area is 92.2 Å². The fourth-order valence-electron chi connectivity index (χ4n) is 1.41. The maximum atomic E-state index is 11.2. The molecule has 0 radical (unpaired) electrons. The van der Waals surface area contributed by atoms with Gasteiger partial charge in [0.25, 0.3) is 0 Å². The van der Waals surface area contributed by atoms with E-state index in [2.05, 4.69) is 0 Å². The van der Waals surface area contributed by atoms with Crippen molar-refractivity contribution in [3.05, 3.63) is 0 Å². The van der Waals surface area contributed by atoms with E-state index in [1.165, 1.54) is 0 Å². The zero-order valence-corrected chi connectivity index (χ0v) is 9.88. The monoisotopic (exact) mass is 214 g/mol. The van der Waals surface area contributed by atoms with Gasteiger partial charge in [0, 0.05) is 19.3 Å². The van der Waals surface area contributed by atoms with Crippen molar-refractivity contribution in [3.8, 4) is 0 Å². The summed E-state index contributed by atoms with van der Waals surface area (Å²) in [7, 11) is 0. The van der Waals surface area contributed by atoms with E-state index in [1.54, 1.807) is 6.92 Å². The van der Waals surface area contributed by atoms with Crippen molar-refractivity contribution in [2.45, 2.75) is 58.8 Å². The predicted octanol–water partition coefficient (Wildman–Crippen LogP) is 2.87. The molecule has 0 atom stereocenters. The van der Waals surface area contributed by atoms with Gasteiger partial charge in [0.05, 0.1) is 6.61 Å². The largest absolute Gasteiger partial charge is 0.466 e. The molecule has 3 nitrogen and oxygen atoms in total. The highest BCUT2D eigenvalue weighted by Gasteiger charge is 2.02. The Balaban J connectivity index is 3.24. The van der Waals surface area contributed by atoms with Crippen molar-refractivity contribution in [3.63, 3.8) is 0 Å². The molecule has 0 aliphatic heterocycles. The number of carbonyl (C=O) groups is 2. The lowest BCUT2D eigenvalue weighted by Gasteiger charge is -2.01. The van der Waals surface area contributed by atoms with Gasteiger partial charge in [0.2, 0.25) is 0 Å². The lowest BCUT2D eigenvalue weighted by atomic mass is 10.1. The third-order valence-electron chi connectivity index (χ3n) is 2.17. The fourth-order valence-corrected chi connectivity index (χ4v) is 1.41. The van der Waals surface area contributed by atoms with Crippen LogP contribution in [0.2, 0.25) is 0 Å². The predicted molar refractivity (Wildman–Crippen MR) is 59.6 cm³/mol. The van der Waals surface area contributed by atoms with Crippen molar-refractivity contribution >= 4 is 11.8 Å². The van der Waals surface area contributed by atoms with Gasteiger partial charge in [-0.2, -0.15) is 0 Å². The average molecular weight is 214 g/mol. The van der Waals surface area contributed by atoms with Crippen LogP contribution in [0.1, 0.15) is 58.8 Å². The molecule has 0 saturated carbocycles. The van der Waals surface area contributed by atoms with Crippen molar-refractivity contribution in [1.29, 1.82) is 0 Å². The molecular formula is C12H22O3. The van der Waals surface area contributed by atoms with Crippen LogP contribution in [0.15, 0.2) is 0 Å². The van der Waals surface area contributed by atoms with Crippen LogP contribution in [-0.2, 0) is 14.3 Å². The smallest absolute Gasteiger partial charge is 0.305 e. The standard InChI is InChI=1S/C12H22O3/c1-3-8-11(13)9-6-5-7-10-12(14)15-4-2/h3-10H2,1-2H3. The summed E-state index contributed by atoms with van der Waals surface area (Å²) in [6, 6.07) is 0. The second-order valence-corrected chi connectivity index (χ2v) is 3.65. The Morgan fingerprint density at radius 2 is 1.60 bits per heavy atom. The van der Waals surface area contributed by atoms with Crippen LogP contribution in [0.25, 0.3) is 0 Å². The summed E-state index contributed by atoms with van der Waals surface area (Å²) in [6.45, 7) is 4.27. The quantitative estimate of drug-likeness (QED) is 0.438. The minimum absolute atomic E-state index is 0.127. The summed E-state index contributed by atoms with van der Waals surface area (Å²) < 4.78 is 4.80. The molecule has 0 rings (SSSR count). The van der Waals surface area contributed by atoms with Gasteiger partial charge in [-0.15, -0.1) is 0 Å². The van der Waals surface area contributed by atoms with E-state index in [0.29, 0.717) is 31.7 Å². The van der Waals surface area contributed by atoms with E-state index in [-0.39, 0.29) is 5.97 Å². The van der Waals surface area contributed by atoms with Gasteiger partial charge in [-0.1, -0.05) is 13.3 Å². The third kappa shape index (κ3) is 9.44. The number of hydrogen-bond acceptors (Lipinski definition) is 3. The number of unbranched alkanes of at least 4 members (excludes halogenated alkanes) is 2. The zero-order chi connectivity index (χ0) is 11.5. The number of esters is 1. The van der Waals surface area contributed by atoms with Crippen molar-refractivity contribution in [2.24, 2.45) is 0 Å². The van der Waals surface area contributed by atoms with Gasteiger partial charge in [0.1, 0.15) is 5.78 Å². The fraction of sp³-hybridized carbons (Fsp3) is 0.833. The second-order valence-electron chi connectivity index (χ2n) is 3.65. The molecule has 3 heteroatoms. The lowest BCUT2D eigenvalue weighted by Crippen LogP contribution is -2.03. The molecule has 15 heavy (non-hydrogen) atoms. The Morgan fingerprint density at radius 1 is 0.933 bits per heavy atom. The van der Waals surface area contributed by atoms with Crippen molar-refractivity contribution in [2.75, 3.05) is 6.61 Å². The maximum absolute atomic E-state index is 11.2. The Morgan fingerprint density at radius 3 is 2.20 bits per heavy atom. The molecule has 0 aromatic heterocycles. The highest BCUT2D eigenvalue weighted by Crippen LogP contribution is 2.06. The molecule has 0 heterocycles. The number of ketones is 1. The summed E-state index contributed by atoms with van der Waals surface area (Å²) in [5.41, 5.74) is 0. The lowest BCUT2D eigenvalue weighted by molar-refractivity contribution is -0.143. The molecule has 0 aromatic carbocycles. The average Bonchev–Trinajstić information content (AvgIpc) is 2.18. The number of ether oxygens (including phenoxy) is 1. The molecule has 0 unspecified atom stereocenters. The number of Topliss-reactive ketones (excluding diaryl/α,β-unsaturated/α-hetero) is 1. The zero-order valence-electron chi connectivity index (χ0n) is 9.88. The summed E-state index contributed by atoms with van der Waals surface area (Å²) in [4.78, 5) is 22.1. The normalized spacial score (nSPS) is 10.0. The van der Waals surface area contributed by atoms with Gasteiger partial charge >= 0.3 is 5.97 Å². The molecular weight excluding hydrogens is 192 g/mol. The SMILES string of the molecule is CCCC(=O)CCCCCC(=O)OCC. The first kappa shape index (κ1) is 14.1. The highest BCUT2D eigenvalue weighted by atomic mass is 16.5. The maximum Gasteiger partial charge on any atom is 0.305 e. The van der Waals surface area contributed by atoms with Gasteiger partial charge in [-0.05, 0) is 26.2 Å². The number of hydrogen-bond donors (Lipinski definition) is 0. The number of carbonyl (C=O) groups excluding carboxylic acids is 2. The molecule has 0 saturated heterocycles. The molecule has 0 bridgehead atoms. The van der Waals surface area contributed by atoms with Crippen LogP contribution in [0.4, 0.5) is 0 Å². The van der Waals surface area contributed by atoms with Crippen molar-refractivity contribution < 1.29 is 14.3 Å². The molecule has 0 aromatic rings. The van der Waals surface area contributed by atoms with E-state index in [1.807, 2.05) is 6.92 Å². The van der Waals surface area contributed by atoms with Gasteiger partial charge < -0.3 is 4.74 Å². The first-order valence-corrected chi connectivity index (χ1v) is 5.88. The third-order valence-corrected chi connectivity index (χ3v) is 2.17. The molecule has 0 fully saturated rings. The second kappa shape index (κ2) is 9.69. The van der Waals surface area contributed by atoms with E-state index in [0.717, 1.165) is 25.7 Å². The summed E-state index contributed by atoms with van der Waals surface area (Å²) in [5, 5.41) is 0. The Kier molecular flexibility index (Phi) is 9.13. The minimum atomic E-state index is -0.127. The molecule has 0 spiro atoms. The minimum Gasteiger partial charge on any atom is -0.466 e. The van der Waals surface area contributed by atoms with E-state index < -0.39 is 0 Å². The molecule has 88 valence electrons. The first-order valence-electron chi connectivity index (χ1n) is 5.88. The van der Waals surface area contributed by atoms with Gasteiger partial charge in [0.15, 0.2) is 0 Å². The molecule has 0 amide bonds. The van der Waals surface area contributed by atoms with Gasteiger partial charge in [-0.25, -0.2) is 0 Å².